The maximum Gasteiger partial charge on any atom is 0.131 e. The first kappa shape index (κ1) is 11.5. The number of hydrogen-bond acceptors (Lipinski definition) is 3. The molecular weight excluding hydrogens is 337 g/mol. The predicted octanol–water partition coefficient (Wildman–Crippen LogP) is 3.22. The van der Waals surface area contributed by atoms with E-state index in [0.717, 1.165) is 21.2 Å². The number of fused-ring (bicyclic) bond motifs is 1. The number of halogens is 1. The highest BCUT2D eigenvalue weighted by Crippen LogP contribution is 2.22. The van der Waals surface area contributed by atoms with Crippen molar-refractivity contribution in [2.24, 2.45) is 0 Å². The fraction of sp³-hybridized carbons (Fsp3) is 0.0714. The molecule has 3 nitrogen and oxygen atoms in total. The van der Waals surface area contributed by atoms with Gasteiger partial charge in [-0.25, -0.2) is 0 Å². The highest BCUT2D eigenvalue weighted by molar-refractivity contribution is 14.1. The Morgan fingerprint density at radius 2 is 1.61 bits per heavy atom. The average Bonchev–Trinajstić information content (AvgIpc) is 2.44. The first-order valence-electron chi connectivity index (χ1n) is 5.63. The molecule has 18 heavy (non-hydrogen) atoms. The van der Waals surface area contributed by atoms with Gasteiger partial charge in [0.05, 0.1) is 5.69 Å². The lowest BCUT2D eigenvalue weighted by molar-refractivity contribution is 0.940. The van der Waals surface area contributed by atoms with Crippen LogP contribution in [-0.2, 0) is 6.42 Å². The van der Waals surface area contributed by atoms with E-state index >= 15 is 0 Å². The number of hydrogen-bond donors (Lipinski definition) is 0. The molecule has 88 valence electrons. The number of aromatic nitrogens is 3. The summed E-state index contributed by atoms with van der Waals surface area (Å²) in [6.07, 6.45) is 4.39. The molecule has 0 atom stereocenters. The zero-order chi connectivity index (χ0) is 12.4. The highest BCUT2D eigenvalue weighted by Gasteiger charge is 2.07. The van der Waals surface area contributed by atoms with Crippen LogP contribution in [0.1, 0.15) is 11.3 Å². The lowest BCUT2D eigenvalue weighted by Crippen LogP contribution is -1.98. The molecule has 0 radical (unpaired) electrons. The Balaban J connectivity index is 2.10. The van der Waals surface area contributed by atoms with Gasteiger partial charge in [0.1, 0.15) is 3.70 Å². The fourth-order valence-corrected chi connectivity index (χ4v) is 2.53. The summed E-state index contributed by atoms with van der Waals surface area (Å²) >= 11 is 2.22. The molecule has 1 aromatic carbocycles. The molecule has 3 rings (SSSR count). The van der Waals surface area contributed by atoms with E-state index < -0.39 is 0 Å². The molecule has 0 saturated heterocycles. The van der Waals surface area contributed by atoms with Crippen molar-refractivity contribution in [3.8, 4) is 0 Å². The Bertz CT molecular complexity index is 683. The second kappa shape index (κ2) is 4.97. The molecule has 0 unspecified atom stereocenters. The van der Waals surface area contributed by atoms with Gasteiger partial charge in [-0.2, -0.15) is 5.10 Å². The van der Waals surface area contributed by atoms with E-state index in [9.17, 15) is 0 Å². The monoisotopic (exact) mass is 347 g/mol. The van der Waals surface area contributed by atoms with Gasteiger partial charge in [0, 0.05) is 29.6 Å². The Labute approximate surface area is 118 Å². The largest absolute Gasteiger partial charge is 0.265 e. The Kier molecular flexibility index (Phi) is 3.19. The van der Waals surface area contributed by atoms with Gasteiger partial charge in [0.25, 0.3) is 0 Å². The maximum atomic E-state index is 4.32. The maximum absolute atomic E-state index is 4.32. The van der Waals surface area contributed by atoms with Crippen LogP contribution in [0.15, 0.2) is 48.8 Å². The quantitative estimate of drug-likeness (QED) is 0.668. The van der Waals surface area contributed by atoms with E-state index in [1.807, 2.05) is 24.3 Å². The van der Waals surface area contributed by atoms with Crippen molar-refractivity contribution in [2.75, 3.05) is 0 Å². The first-order chi connectivity index (χ1) is 8.84. The molecule has 0 N–H and O–H groups in total. The third-order valence-electron chi connectivity index (χ3n) is 2.84. The first-order valence-corrected chi connectivity index (χ1v) is 6.71. The van der Waals surface area contributed by atoms with Crippen LogP contribution < -0.4 is 0 Å². The summed E-state index contributed by atoms with van der Waals surface area (Å²) in [7, 11) is 0. The third-order valence-corrected chi connectivity index (χ3v) is 3.64. The minimum absolute atomic E-state index is 0.785. The van der Waals surface area contributed by atoms with Crippen LogP contribution in [0, 0.1) is 3.70 Å². The zero-order valence-corrected chi connectivity index (χ0v) is 11.7. The molecule has 0 fully saturated rings. The normalized spacial score (nSPS) is 10.7. The van der Waals surface area contributed by atoms with Gasteiger partial charge >= 0.3 is 0 Å². The van der Waals surface area contributed by atoms with Crippen molar-refractivity contribution in [1.82, 2.24) is 15.2 Å². The highest BCUT2D eigenvalue weighted by atomic mass is 127. The van der Waals surface area contributed by atoms with Gasteiger partial charge in [-0.3, -0.25) is 4.98 Å². The zero-order valence-electron chi connectivity index (χ0n) is 9.55. The van der Waals surface area contributed by atoms with Gasteiger partial charge in [-0.05, 0) is 40.3 Å². The molecule has 4 heteroatoms. The fourth-order valence-electron chi connectivity index (χ4n) is 1.95. The summed E-state index contributed by atoms with van der Waals surface area (Å²) in [5, 5.41) is 10.9. The second-order valence-electron chi connectivity index (χ2n) is 4.02. The number of rotatable bonds is 2. The molecular formula is C14H10IN3. The Morgan fingerprint density at radius 1 is 0.889 bits per heavy atom. The number of nitrogens with zero attached hydrogens (tertiary/aromatic N) is 3. The number of pyridine rings is 1. The van der Waals surface area contributed by atoms with Crippen molar-refractivity contribution < 1.29 is 0 Å². The molecule has 0 aliphatic heterocycles. The molecule has 0 saturated carbocycles. The summed E-state index contributed by atoms with van der Waals surface area (Å²) < 4.78 is 0.946. The molecule has 0 spiro atoms. The minimum atomic E-state index is 0.785. The Hall–Kier alpha value is -1.56. The van der Waals surface area contributed by atoms with E-state index in [-0.39, 0.29) is 0 Å². The van der Waals surface area contributed by atoms with Gasteiger partial charge in [-0.15, -0.1) is 5.10 Å². The topological polar surface area (TPSA) is 38.7 Å². The molecule has 2 aromatic heterocycles. The average molecular weight is 347 g/mol. The summed E-state index contributed by atoms with van der Waals surface area (Å²) in [5.41, 5.74) is 2.21. The van der Waals surface area contributed by atoms with Crippen LogP contribution in [0.5, 0.6) is 0 Å². The van der Waals surface area contributed by atoms with Gasteiger partial charge < -0.3 is 0 Å². The Morgan fingerprint density at radius 3 is 2.39 bits per heavy atom. The van der Waals surface area contributed by atoms with Crippen molar-refractivity contribution in [1.29, 1.82) is 0 Å². The third kappa shape index (κ3) is 2.20. The molecule has 2 heterocycles. The van der Waals surface area contributed by atoms with Gasteiger partial charge in [0.2, 0.25) is 0 Å². The van der Waals surface area contributed by atoms with E-state index in [0.29, 0.717) is 0 Å². The van der Waals surface area contributed by atoms with E-state index in [4.69, 9.17) is 0 Å². The van der Waals surface area contributed by atoms with Crippen molar-refractivity contribution in [3.05, 3.63) is 63.7 Å². The minimum Gasteiger partial charge on any atom is -0.265 e. The van der Waals surface area contributed by atoms with Crippen LogP contribution in [-0.4, -0.2) is 15.2 Å². The van der Waals surface area contributed by atoms with Crippen LogP contribution in [0.25, 0.3) is 10.8 Å². The molecule has 0 bridgehead atoms. The van der Waals surface area contributed by atoms with Gasteiger partial charge in [-0.1, -0.05) is 24.3 Å². The summed E-state index contributed by atoms with van der Waals surface area (Å²) in [5.74, 6) is 0. The molecule has 0 aliphatic rings. The smallest absolute Gasteiger partial charge is 0.131 e. The molecule has 0 amide bonds. The van der Waals surface area contributed by atoms with Crippen LogP contribution >= 0.6 is 22.6 Å². The van der Waals surface area contributed by atoms with Crippen LogP contribution in [0.2, 0.25) is 0 Å². The van der Waals surface area contributed by atoms with Crippen LogP contribution in [0.4, 0.5) is 0 Å². The van der Waals surface area contributed by atoms with Crippen LogP contribution in [0.3, 0.4) is 0 Å². The summed E-state index contributed by atoms with van der Waals surface area (Å²) in [4.78, 5) is 4.03. The van der Waals surface area contributed by atoms with Crippen molar-refractivity contribution in [3.63, 3.8) is 0 Å². The molecule has 0 aliphatic carbocycles. The lowest BCUT2D eigenvalue weighted by atomic mass is 10.1. The SMILES string of the molecule is Ic1nnc(Cc2ccncc2)c2ccccc12. The predicted molar refractivity (Wildman–Crippen MR) is 79.3 cm³/mol. The second-order valence-corrected chi connectivity index (χ2v) is 5.04. The van der Waals surface area contributed by atoms with E-state index in [1.54, 1.807) is 12.4 Å². The van der Waals surface area contributed by atoms with E-state index in [2.05, 4.69) is 49.9 Å². The van der Waals surface area contributed by atoms with E-state index in [1.165, 1.54) is 10.9 Å². The van der Waals surface area contributed by atoms with Crippen molar-refractivity contribution in [2.45, 2.75) is 6.42 Å². The molecule has 3 aromatic rings. The van der Waals surface area contributed by atoms with Gasteiger partial charge in [0.15, 0.2) is 0 Å². The standard InChI is InChI=1S/C14H10IN3/c15-14-12-4-2-1-3-11(12)13(17-18-14)9-10-5-7-16-8-6-10/h1-8H,9H2. The van der Waals surface area contributed by atoms with Crippen molar-refractivity contribution >= 4 is 33.4 Å². The number of benzene rings is 1. The summed E-state index contributed by atoms with van der Waals surface area (Å²) in [6, 6.07) is 12.3. The summed E-state index contributed by atoms with van der Waals surface area (Å²) in [6.45, 7) is 0. The lowest BCUT2D eigenvalue weighted by Gasteiger charge is -2.06.